The van der Waals surface area contributed by atoms with Crippen molar-refractivity contribution in [2.75, 3.05) is 17.9 Å². The minimum atomic E-state index is -0.479. The third-order valence-electron chi connectivity index (χ3n) is 5.17. The topological polar surface area (TPSA) is 81.1 Å². The Morgan fingerprint density at radius 1 is 1.17 bits per heavy atom. The number of carbonyl (C=O) groups excluding carboxylic acids is 1. The van der Waals surface area contributed by atoms with Crippen molar-refractivity contribution in [1.82, 2.24) is 14.9 Å². The van der Waals surface area contributed by atoms with Crippen LogP contribution in [0.25, 0.3) is 0 Å². The number of halogens is 1. The van der Waals surface area contributed by atoms with Gasteiger partial charge in [-0.15, -0.1) is 10.2 Å². The van der Waals surface area contributed by atoms with Gasteiger partial charge in [-0.2, -0.15) is 0 Å². The number of benzene rings is 2. The molecule has 2 atom stereocenters. The van der Waals surface area contributed by atoms with Crippen LogP contribution in [0.3, 0.4) is 0 Å². The molecule has 3 aromatic rings. The van der Waals surface area contributed by atoms with Crippen molar-refractivity contribution in [2.24, 2.45) is 0 Å². The van der Waals surface area contributed by atoms with Crippen LogP contribution in [0.1, 0.15) is 28.6 Å². The third-order valence-corrected chi connectivity index (χ3v) is 6.68. The monoisotopic (exact) mass is 443 g/mol. The summed E-state index contributed by atoms with van der Waals surface area (Å²) in [7, 11) is 1.57. The molecule has 0 saturated carbocycles. The number of nitrogens with zero attached hydrogens (tertiary/aromatic N) is 3. The van der Waals surface area contributed by atoms with E-state index in [1.54, 1.807) is 17.9 Å². The van der Waals surface area contributed by atoms with Crippen LogP contribution in [-0.4, -0.2) is 33.1 Å². The minimum Gasteiger partial charge on any atom is -0.495 e. The van der Waals surface area contributed by atoms with Gasteiger partial charge in [0.05, 0.1) is 18.2 Å². The number of rotatable bonds is 4. The number of methoxy groups -OCH3 is 1. The van der Waals surface area contributed by atoms with Crippen LogP contribution >= 0.6 is 23.4 Å². The number of carbonyl (C=O) groups is 1. The maximum atomic E-state index is 13.3. The van der Waals surface area contributed by atoms with E-state index in [9.17, 15) is 4.79 Å². The average molecular weight is 444 g/mol. The Hall–Kier alpha value is -2.71. The van der Waals surface area contributed by atoms with Gasteiger partial charge in [0.1, 0.15) is 16.8 Å². The molecule has 2 aromatic carbocycles. The predicted molar refractivity (Wildman–Crippen MR) is 119 cm³/mol. The van der Waals surface area contributed by atoms with Crippen molar-refractivity contribution in [3.05, 3.63) is 63.9 Å². The Labute approximate surface area is 184 Å². The zero-order chi connectivity index (χ0) is 21.4. The van der Waals surface area contributed by atoms with Crippen molar-refractivity contribution >= 4 is 35.0 Å². The van der Waals surface area contributed by atoms with Crippen LogP contribution in [0, 0.1) is 20.8 Å². The Kier molecular flexibility index (Phi) is 5.62. The molecular weight excluding hydrogens is 422 g/mol. The van der Waals surface area contributed by atoms with Crippen molar-refractivity contribution in [3.8, 4) is 5.75 Å². The number of nitrogens with one attached hydrogen (secondary N) is 2. The van der Waals surface area contributed by atoms with Gasteiger partial charge >= 0.3 is 0 Å². The van der Waals surface area contributed by atoms with E-state index in [2.05, 4.69) is 20.9 Å². The van der Waals surface area contributed by atoms with Gasteiger partial charge < -0.3 is 15.5 Å². The number of thioether (sulfide) groups is 1. The lowest BCUT2D eigenvalue weighted by molar-refractivity contribution is -0.116. The van der Waals surface area contributed by atoms with Crippen LogP contribution in [0.2, 0.25) is 5.02 Å². The average Bonchev–Trinajstić information content (AvgIpc) is 3.09. The molecular formula is C21H22ClN5O2S. The lowest BCUT2D eigenvalue weighted by Gasteiger charge is -2.33. The van der Waals surface area contributed by atoms with E-state index in [1.807, 2.05) is 51.1 Å². The van der Waals surface area contributed by atoms with Gasteiger partial charge in [0.25, 0.3) is 0 Å². The second-order valence-corrected chi connectivity index (χ2v) is 8.71. The number of ether oxygens (including phenoxy) is 1. The fraction of sp³-hybridized carbons (Fsp3) is 0.286. The molecule has 0 radical (unpaired) electrons. The van der Waals surface area contributed by atoms with Gasteiger partial charge in [0.2, 0.25) is 11.1 Å². The molecule has 4 rings (SSSR count). The van der Waals surface area contributed by atoms with Crippen molar-refractivity contribution in [2.45, 2.75) is 37.2 Å². The second kappa shape index (κ2) is 8.20. The summed E-state index contributed by atoms with van der Waals surface area (Å²) in [5, 5.41) is 12.0. The maximum Gasteiger partial charge on any atom is 0.240 e. The number of anilines is 1. The van der Waals surface area contributed by atoms with Crippen LogP contribution in [0.4, 0.5) is 5.69 Å². The molecule has 0 spiro atoms. The molecule has 1 amide bonds. The molecule has 2 N–H and O–H groups in total. The molecule has 0 bridgehead atoms. The highest BCUT2D eigenvalue weighted by Gasteiger charge is 2.37. The lowest BCUT2D eigenvalue weighted by atomic mass is 10.0. The van der Waals surface area contributed by atoms with Crippen LogP contribution in [0.15, 0.2) is 41.6 Å². The molecule has 1 aliphatic rings. The fourth-order valence-corrected chi connectivity index (χ4v) is 4.71. The smallest absolute Gasteiger partial charge is 0.240 e. The van der Waals surface area contributed by atoms with Crippen LogP contribution in [0.5, 0.6) is 5.75 Å². The van der Waals surface area contributed by atoms with E-state index >= 15 is 0 Å². The number of fused-ring (bicyclic) bond motifs is 1. The number of aryl methyl sites for hydroxylation is 3. The van der Waals surface area contributed by atoms with E-state index in [0.29, 0.717) is 15.9 Å². The van der Waals surface area contributed by atoms with E-state index in [1.165, 1.54) is 17.3 Å². The van der Waals surface area contributed by atoms with Crippen molar-refractivity contribution < 1.29 is 9.53 Å². The van der Waals surface area contributed by atoms with Crippen molar-refractivity contribution in [3.63, 3.8) is 0 Å². The second-order valence-electron chi connectivity index (χ2n) is 7.19. The fourth-order valence-electron chi connectivity index (χ4n) is 3.32. The third kappa shape index (κ3) is 3.85. The van der Waals surface area contributed by atoms with Gasteiger partial charge in [0, 0.05) is 5.69 Å². The Morgan fingerprint density at radius 3 is 2.67 bits per heavy atom. The quantitative estimate of drug-likeness (QED) is 0.627. The first-order valence-corrected chi connectivity index (χ1v) is 10.7. The molecule has 1 aliphatic heterocycles. The van der Waals surface area contributed by atoms with Gasteiger partial charge in [-0.3, -0.25) is 4.79 Å². The summed E-state index contributed by atoms with van der Waals surface area (Å²) in [5.74, 6) is 1.18. The summed E-state index contributed by atoms with van der Waals surface area (Å²) in [6.45, 7) is 5.92. The molecule has 9 heteroatoms. The predicted octanol–water partition coefficient (Wildman–Crippen LogP) is 4.26. The van der Waals surface area contributed by atoms with Gasteiger partial charge in [0.15, 0.2) is 0 Å². The van der Waals surface area contributed by atoms with Crippen LogP contribution < -0.4 is 15.5 Å². The Morgan fingerprint density at radius 2 is 1.97 bits per heavy atom. The molecule has 7 nitrogen and oxygen atoms in total. The van der Waals surface area contributed by atoms with E-state index in [0.717, 1.165) is 22.6 Å². The Bertz CT molecular complexity index is 1120. The molecule has 0 saturated heterocycles. The summed E-state index contributed by atoms with van der Waals surface area (Å²) >= 11 is 7.73. The molecule has 1 aromatic heterocycles. The highest BCUT2D eigenvalue weighted by molar-refractivity contribution is 8.00. The first kappa shape index (κ1) is 20.6. The van der Waals surface area contributed by atoms with E-state index in [4.69, 9.17) is 16.3 Å². The summed E-state index contributed by atoms with van der Waals surface area (Å²) in [6.07, 6.45) is 0. The van der Waals surface area contributed by atoms with Gasteiger partial charge in [-0.05, 0) is 61.7 Å². The van der Waals surface area contributed by atoms with Gasteiger partial charge in [-0.25, -0.2) is 4.68 Å². The molecule has 0 fully saturated rings. The highest BCUT2D eigenvalue weighted by atomic mass is 35.5. The summed E-state index contributed by atoms with van der Waals surface area (Å²) in [6, 6.07) is 11.1. The van der Waals surface area contributed by atoms with E-state index in [-0.39, 0.29) is 11.9 Å². The molecule has 156 valence electrons. The normalized spacial score (nSPS) is 17.8. The molecule has 0 aliphatic carbocycles. The molecule has 2 heterocycles. The van der Waals surface area contributed by atoms with Crippen molar-refractivity contribution in [1.29, 1.82) is 0 Å². The van der Waals surface area contributed by atoms with Crippen LogP contribution in [-0.2, 0) is 4.79 Å². The minimum absolute atomic E-state index is 0.125. The zero-order valence-corrected chi connectivity index (χ0v) is 18.6. The first-order valence-electron chi connectivity index (χ1n) is 9.44. The highest BCUT2D eigenvalue weighted by Crippen LogP contribution is 2.39. The summed E-state index contributed by atoms with van der Waals surface area (Å²) in [4.78, 5) is 13.3. The number of amides is 1. The van der Waals surface area contributed by atoms with Gasteiger partial charge in [-0.1, -0.05) is 35.5 Å². The largest absolute Gasteiger partial charge is 0.495 e. The SMILES string of the molecule is COc1ccc([C@H]2Nn3c(C)nnc3S[C@H]2C(=O)Nc2ccc(C)c(C)c2)cc1Cl. The number of aromatic nitrogens is 3. The number of hydrogen-bond donors (Lipinski definition) is 2. The standard InChI is InChI=1S/C21H22ClN5O2S/c1-11-5-7-15(9-12(11)2)23-20(28)19-18(14-6-8-17(29-4)16(22)10-14)26-27-13(3)24-25-21(27)30-19/h5-10,18-19,26H,1-4H3,(H,23,28)/t18-,19-/m1/s1. The Balaban J connectivity index is 1.68. The first-order chi connectivity index (χ1) is 14.4. The zero-order valence-electron chi connectivity index (χ0n) is 17.1. The number of hydrogen-bond acceptors (Lipinski definition) is 6. The molecule has 30 heavy (non-hydrogen) atoms. The van der Waals surface area contributed by atoms with E-state index < -0.39 is 5.25 Å². The summed E-state index contributed by atoms with van der Waals surface area (Å²) < 4.78 is 7.06. The maximum absolute atomic E-state index is 13.3. The summed E-state index contributed by atoms with van der Waals surface area (Å²) in [5.41, 5.74) is 7.30. The molecule has 0 unspecified atom stereocenters. The lowest BCUT2D eigenvalue weighted by Crippen LogP contribution is -2.41.